The Balaban J connectivity index is 0.000000583. The van der Waals surface area contributed by atoms with Gasteiger partial charge < -0.3 is 24.8 Å². The topological polar surface area (TPSA) is 188 Å². The largest absolute Gasteiger partial charge is 0.478 e. The van der Waals surface area contributed by atoms with E-state index < -0.39 is 11.9 Å². The predicted octanol–water partition coefficient (Wildman–Crippen LogP) is 3.76. The van der Waals surface area contributed by atoms with Crippen LogP contribution in [0.1, 0.15) is 35.1 Å². The number of carbonyl (C=O) groups is 4. The number of hydrogen-bond donors (Lipinski definition) is 3. The number of pyridine rings is 1. The summed E-state index contributed by atoms with van der Waals surface area (Å²) in [6.45, 7) is 2.65. The van der Waals surface area contributed by atoms with Gasteiger partial charge in [0.25, 0.3) is 5.91 Å². The fourth-order valence-electron chi connectivity index (χ4n) is 3.95. The summed E-state index contributed by atoms with van der Waals surface area (Å²) in [6, 6.07) is 20.0. The van der Waals surface area contributed by atoms with E-state index in [0.717, 1.165) is 17.0 Å². The minimum Gasteiger partial charge on any atom is -0.478 e. The molecule has 0 aliphatic heterocycles. The number of carbonyl (C=O) groups excluding carboxylic acids is 2. The zero-order chi connectivity index (χ0) is 32.1. The van der Waals surface area contributed by atoms with E-state index in [1.165, 1.54) is 4.90 Å². The summed E-state index contributed by atoms with van der Waals surface area (Å²) >= 11 is 0. The van der Waals surface area contributed by atoms with Gasteiger partial charge in [-0.25, -0.2) is 19.6 Å². The number of aromatic nitrogens is 3. The van der Waals surface area contributed by atoms with E-state index in [-0.39, 0.29) is 31.4 Å². The Kier molecular flexibility index (Phi) is 11.7. The molecule has 0 bridgehead atoms. The summed E-state index contributed by atoms with van der Waals surface area (Å²) in [5, 5.41) is 27.9. The maximum Gasteiger partial charge on any atom is 0.328 e. The van der Waals surface area contributed by atoms with Gasteiger partial charge in [-0.1, -0.05) is 6.07 Å². The molecular weight excluding hydrogens is 568 g/mol. The van der Waals surface area contributed by atoms with Gasteiger partial charge in [-0.15, -0.1) is 0 Å². The van der Waals surface area contributed by atoms with Crippen molar-refractivity contribution in [2.75, 3.05) is 23.4 Å². The van der Waals surface area contributed by atoms with E-state index in [1.54, 1.807) is 55.6 Å². The van der Waals surface area contributed by atoms with Crippen LogP contribution in [0.15, 0.2) is 79.0 Å². The van der Waals surface area contributed by atoms with Crippen LogP contribution >= 0.6 is 0 Å². The second-order valence-electron chi connectivity index (χ2n) is 9.04. The number of carboxylic acid groups (broad SMARTS) is 2. The third-order valence-electron chi connectivity index (χ3n) is 6.07. The van der Waals surface area contributed by atoms with E-state index in [9.17, 15) is 19.2 Å². The summed E-state index contributed by atoms with van der Waals surface area (Å²) in [5.41, 5.74) is 3.50. The summed E-state index contributed by atoms with van der Waals surface area (Å²) < 4.78 is 6.99. The molecule has 0 aliphatic carbocycles. The van der Waals surface area contributed by atoms with Crippen LogP contribution in [0.5, 0.6) is 0 Å². The van der Waals surface area contributed by atoms with Crippen molar-refractivity contribution in [1.82, 2.24) is 14.5 Å². The lowest BCUT2D eigenvalue weighted by Gasteiger charge is -2.21. The number of aryl methyl sites for hydroxylation is 1. The molecule has 226 valence electrons. The van der Waals surface area contributed by atoms with E-state index in [2.05, 4.69) is 16.4 Å². The van der Waals surface area contributed by atoms with E-state index in [0.29, 0.717) is 41.2 Å². The summed E-state index contributed by atoms with van der Waals surface area (Å²) in [7, 11) is 1.92. The van der Waals surface area contributed by atoms with Crippen LogP contribution in [0.25, 0.3) is 11.0 Å². The first-order chi connectivity index (χ1) is 21.1. The van der Waals surface area contributed by atoms with Crippen LogP contribution in [0.4, 0.5) is 11.5 Å². The van der Waals surface area contributed by atoms with Crippen molar-refractivity contribution in [2.24, 2.45) is 7.05 Å². The number of carboxylic acids is 2. The van der Waals surface area contributed by atoms with Gasteiger partial charge in [-0.3, -0.25) is 14.5 Å². The first kappa shape index (κ1) is 32.5. The van der Waals surface area contributed by atoms with Crippen LogP contribution in [-0.2, 0) is 32.7 Å². The summed E-state index contributed by atoms with van der Waals surface area (Å²) in [6.07, 6.45) is 2.78. The quantitative estimate of drug-likeness (QED) is 0.168. The molecule has 13 nitrogen and oxygen atoms in total. The van der Waals surface area contributed by atoms with Gasteiger partial charge >= 0.3 is 17.9 Å². The Morgan fingerprint density at radius 2 is 1.75 bits per heavy atom. The van der Waals surface area contributed by atoms with Crippen molar-refractivity contribution < 1.29 is 34.1 Å². The van der Waals surface area contributed by atoms with Gasteiger partial charge in [0.2, 0.25) is 0 Å². The minimum absolute atomic E-state index is 0.0626. The number of nitriles is 1. The van der Waals surface area contributed by atoms with Crippen LogP contribution in [0, 0.1) is 11.3 Å². The highest BCUT2D eigenvalue weighted by Crippen LogP contribution is 2.21. The molecule has 0 unspecified atom stereocenters. The standard InChI is InChI=1S/C27H26N6O3.C4H4O4/c1-3-36-26(34)13-15-33(24-6-4-5-14-29-24)27(35)20-9-12-23-22(16-20)31-25(32(23)2)18-30-21-10-7-19(17-28)8-11-21;5-3(6)1-2-4(7)8/h4-12,14,16,30H,3,13,15,18H2,1-2H3;1-2H,(H,5,6)(H,7,8)/b;2-1+. The number of aliphatic carboxylic acids is 2. The van der Waals surface area contributed by atoms with Crippen molar-refractivity contribution in [2.45, 2.75) is 19.9 Å². The maximum absolute atomic E-state index is 13.5. The molecule has 44 heavy (non-hydrogen) atoms. The van der Waals surface area contributed by atoms with Crippen LogP contribution in [0.2, 0.25) is 0 Å². The van der Waals surface area contributed by atoms with Crippen LogP contribution < -0.4 is 10.2 Å². The van der Waals surface area contributed by atoms with Gasteiger partial charge in [-0.05, 0) is 61.5 Å². The van der Waals surface area contributed by atoms with E-state index in [1.807, 2.05) is 29.8 Å². The Morgan fingerprint density at radius 1 is 1.05 bits per heavy atom. The zero-order valence-electron chi connectivity index (χ0n) is 24.0. The number of nitrogens with zero attached hydrogens (tertiary/aromatic N) is 5. The van der Waals surface area contributed by atoms with Gasteiger partial charge in [0.15, 0.2) is 0 Å². The number of imidazole rings is 1. The number of rotatable bonds is 11. The highest BCUT2D eigenvalue weighted by Gasteiger charge is 2.21. The van der Waals surface area contributed by atoms with Crippen molar-refractivity contribution in [3.05, 3.63) is 96.0 Å². The third-order valence-corrected chi connectivity index (χ3v) is 6.07. The molecule has 1 amide bonds. The third kappa shape index (κ3) is 9.25. The molecule has 4 aromatic rings. The second kappa shape index (κ2) is 15.8. The number of esters is 1. The van der Waals surface area contributed by atoms with Crippen LogP contribution in [-0.4, -0.2) is 61.7 Å². The highest BCUT2D eigenvalue weighted by molar-refractivity contribution is 6.07. The van der Waals surface area contributed by atoms with Gasteiger partial charge in [0.05, 0.1) is 42.2 Å². The number of amides is 1. The molecule has 0 spiro atoms. The van der Waals surface area contributed by atoms with E-state index in [4.69, 9.17) is 25.2 Å². The summed E-state index contributed by atoms with van der Waals surface area (Å²) in [5.74, 6) is -1.91. The smallest absolute Gasteiger partial charge is 0.328 e. The van der Waals surface area contributed by atoms with Crippen molar-refractivity contribution in [3.8, 4) is 6.07 Å². The zero-order valence-corrected chi connectivity index (χ0v) is 24.0. The number of ether oxygens (including phenoxy) is 1. The molecule has 0 atom stereocenters. The Bertz CT molecular complexity index is 1680. The molecular formula is C31H30N6O7. The number of hydrogen-bond acceptors (Lipinski definition) is 9. The van der Waals surface area contributed by atoms with E-state index >= 15 is 0 Å². The van der Waals surface area contributed by atoms with Crippen molar-refractivity contribution in [3.63, 3.8) is 0 Å². The highest BCUT2D eigenvalue weighted by atomic mass is 16.5. The van der Waals surface area contributed by atoms with Gasteiger partial charge in [0.1, 0.15) is 11.6 Å². The molecule has 3 N–H and O–H groups in total. The minimum atomic E-state index is -1.26. The number of anilines is 2. The van der Waals surface area contributed by atoms with Gasteiger partial charge in [-0.2, -0.15) is 5.26 Å². The maximum atomic E-state index is 13.5. The predicted molar refractivity (Wildman–Crippen MR) is 161 cm³/mol. The first-order valence-corrected chi connectivity index (χ1v) is 13.3. The lowest BCUT2D eigenvalue weighted by Crippen LogP contribution is -2.34. The molecule has 0 fully saturated rings. The average molecular weight is 599 g/mol. The Morgan fingerprint density at radius 3 is 2.34 bits per heavy atom. The Labute approximate surface area is 252 Å². The molecule has 13 heteroatoms. The Hall–Kier alpha value is -6.03. The molecule has 0 saturated heterocycles. The SMILES string of the molecule is CCOC(=O)CCN(C(=O)c1ccc2c(c1)nc(CNc1ccc(C#N)cc1)n2C)c1ccccn1.O=C(O)/C=C/C(=O)O. The fourth-order valence-corrected chi connectivity index (χ4v) is 3.95. The fraction of sp³-hybridized carbons (Fsp3) is 0.194. The van der Waals surface area contributed by atoms with Crippen molar-refractivity contribution >= 4 is 46.4 Å². The molecule has 2 aromatic carbocycles. The van der Waals surface area contributed by atoms with Crippen molar-refractivity contribution in [1.29, 1.82) is 5.26 Å². The molecule has 2 heterocycles. The number of fused-ring (bicyclic) bond motifs is 1. The number of benzene rings is 2. The lowest BCUT2D eigenvalue weighted by atomic mass is 10.1. The average Bonchev–Trinajstić information content (AvgIpc) is 3.34. The molecule has 2 aromatic heterocycles. The first-order valence-electron chi connectivity index (χ1n) is 13.3. The lowest BCUT2D eigenvalue weighted by molar-refractivity contribution is -0.142. The summed E-state index contributed by atoms with van der Waals surface area (Å²) in [4.78, 5) is 55.0. The second-order valence-corrected chi connectivity index (χ2v) is 9.04. The molecule has 4 rings (SSSR count). The molecule has 0 saturated carbocycles. The normalized spacial score (nSPS) is 10.4. The molecule has 0 radical (unpaired) electrons. The number of nitrogens with one attached hydrogen (secondary N) is 1. The van der Waals surface area contributed by atoms with Crippen LogP contribution in [0.3, 0.4) is 0 Å². The monoisotopic (exact) mass is 598 g/mol. The molecule has 0 aliphatic rings. The van der Waals surface area contributed by atoms with Gasteiger partial charge in [0, 0.05) is 43.2 Å².